The molecular formula is C12H29NO. The largest absolute Gasteiger partial charge is 0.385 e. The summed E-state index contributed by atoms with van der Waals surface area (Å²) in [5.74, 6) is 0. The van der Waals surface area contributed by atoms with Gasteiger partial charge in [0.2, 0.25) is 0 Å². The fourth-order valence-electron chi connectivity index (χ4n) is 1.30. The summed E-state index contributed by atoms with van der Waals surface area (Å²) in [5.41, 5.74) is 0. The van der Waals surface area contributed by atoms with Crippen LogP contribution in [0.5, 0.6) is 0 Å². The SMILES string of the molecule is CC.CCN(CC)CCCCCOC. The molecule has 0 aromatic heterocycles. The highest BCUT2D eigenvalue weighted by Gasteiger charge is 1.97. The lowest BCUT2D eigenvalue weighted by molar-refractivity contribution is 0.189. The van der Waals surface area contributed by atoms with E-state index < -0.39 is 0 Å². The molecular weight excluding hydrogens is 174 g/mol. The minimum absolute atomic E-state index is 0.915. The number of rotatable bonds is 8. The molecule has 0 aliphatic heterocycles. The van der Waals surface area contributed by atoms with Crippen LogP contribution in [-0.2, 0) is 4.74 Å². The van der Waals surface area contributed by atoms with Crippen LogP contribution in [0.25, 0.3) is 0 Å². The van der Waals surface area contributed by atoms with Gasteiger partial charge in [-0.15, -0.1) is 0 Å². The summed E-state index contributed by atoms with van der Waals surface area (Å²) in [5, 5.41) is 0. The molecule has 0 aliphatic carbocycles. The van der Waals surface area contributed by atoms with Crippen molar-refractivity contribution in [2.24, 2.45) is 0 Å². The molecule has 0 radical (unpaired) electrons. The molecule has 88 valence electrons. The Balaban J connectivity index is 0. The minimum Gasteiger partial charge on any atom is -0.385 e. The van der Waals surface area contributed by atoms with Crippen molar-refractivity contribution in [2.75, 3.05) is 33.4 Å². The van der Waals surface area contributed by atoms with Crippen LogP contribution in [0.1, 0.15) is 47.0 Å². The zero-order valence-electron chi connectivity index (χ0n) is 10.8. The highest BCUT2D eigenvalue weighted by atomic mass is 16.5. The van der Waals surface area contributed by atoms with Crippen LogP contribution in [0.15, 0.2) is 0 Å². The van der Waals surface area contributed by atoms with Crippen LogP contribution in [0.2, 0.25) is 0 Å². The highest BCUT2D eigenvalue weighted by molar-refractivity contribution is 4.52. The van der Waals surface area contributed by atoms with E-state index in [0.29, 0.717) is 0 Å². The number of methoxy groups -OCH3 is 1. The van der Waals surface area contributed by atoms with Crippen LogP contribution in [0, 0.1) is 0 Å². The first-order valence-corrected chi connectivity index (χ1v) is 6.06. The molecule has 0 heterocycles. The molecule has 0 saturated heterocycles. The van der Waals surface area contributed by atoms with Crippen LogP contribution >= 0.6 is 0 Å². The number of hydrogen-bond donors (Lipinski definition) is 0. The van der Waals surface area contributed by atoms with Crippen molar-refractivity contribution in [3.8, 4) is 0 Å². The summed E-state index contributed by atoms with van der Waals surface area (Å²) < 4.78 is 4.99. The third kappa shape index (κ3) is 11.9. The van der Waals surface area contributed by atoms with Crippen molar-refractivity contribution in [1.82, 2.24) is 4.90 Å². The molecule has 0 saturated carbocycles. The van der Waals surface area contributed by atoms with E-state index in [1.54, 1.807) is 7.11 Å². The summed E-state index contributed by atoms with van der Waals surface area (Å²) in [6, 6.07) is 0. The Bertz CT molecular complexity index is 82.4. The van der Waals surface area contributed by atoms with Crippen LogP contribution in [-0.4, -0.2) is 38.3 Å². The number of hydrogen-bond acceptors (Lipinski definition) is 2. The first-order valence-electron chi connectivity index (χ1n) is 6.06. The number of nitrogens with zero attached hydrogens (tertiary/aromatic N) is 1. The lowest BCUT2D eigenvalue weighted by atomic mass is 10.2. The predicted molar refractivity (Wildman–Crippen MR) is 64.9 cm³/mol. The van der Waals surface area contributed by atoms with Crippen molar-refractivity contribution in [2.45, 2.75) is 47.0 Å². The Hall–Kier alpha value is -0.0800. The lowest BCUT2D eigenvalue weighted by Crippen LogP contribution is -2.23. The van der Waals surface area contributed by atoms with Gasteiger partial charge < -0.3 is 9.64 Å². The molecule has 0 bridgehead atoms. The van der Waals surface area contributed by atoms with Gasteiger partial charge in [0.15, 0.2) is 0 Å². The maximum Gasteiger partial charge on any atom is 0.0462 e. The summed E-state index contributed by atoms with van der Waals surface area (Å²) >= 11 is 0. The summed E-state index contributed by atoms with van der Waals surface area (Å²) in [6.07, 6.45) is 3.81. The van der Waals surface area contributed by atoms with E-state index in [2.05, 4.69) is 18.7 Å². The standard InChI is InChI=1S/C10H23NO.C2H6/c1-4-11(5-2)9-7-6-8-10-12-3;1-2/h4-10H2,1-3H3;1-2H3. The topological polar surface area (TPSA) is 12.5 Å². The molecule has 2 nitrogen and oxygen atoms in total. The molecule has 14 heavy (non-hydrogen) atoms. The zero-order valence-corrected chi connectivity index (χ0v) is 10.8. The van der Waals surface area contributed by atoms with Gasteiger partial charge in [-0.25, -0.2) is 0 Å². The molecule has 0 amide bonds. The Morgan fingerprint density at radius 3 is 1.93 bits per heavy atom. The van der Waals surface area contributed by atoms with E-state index in [9.17, 15) is 0 Å². The van der Waals surface area contributed by atoms with Gasteiger partial charge in [-0.2, -0.15) is 0 Å². The van der Waals surface area contributed by atoms with E-state index >= 15 is 0 Å². The molecule has 0 unspecified atom stereocenters. The van der Waals surface area contributed by atoms with Crippen LogP contribution in [0.4, 0.5) is 0 Å². The fraction of sp³-hybridized carbons (Fsp3) is 1.00. The van der Waals surface area contributed by atoms with Crippen molar-refractivity contribution < 1.29 is 4.74 Å². The van der Waals surface area contributed by atoms with Gasteiger partial charge in [-0.1, -0.05) is 27.7 Å². The second kappa shape index (κ2) is 15.4. The summed E-state index contributed by atoms with van der Waals surface area (Å²) in [4.78, 5) is 2.47. The van der Waals surface area contributed by atoms with Gasteiger partial charge in [-0.05, 0) is 38.9 Å². The molecule has 0 aromatic rings. The Morgan fingerprint density at radius 1 is 0.929 bits per heavy atom. The molecule has 0 rings (SSSR count). The van der Waals surface area contributed by atoms with Gasteiger partial charge >= 0.3 is 0 Å². The van der Waals surface area contributed by atoms with E-state index in [4.69, 9.17) is 4.74 Å². The van der Waals surface area contributed by atoms with Crippen molar-refractivity contribution >= 4 is 0 Å². The van der Waals surface area contributed by atoms with E-state index in [0.717, 1.165) is 6.61 Å². The first kappa shape index (κ1) is 16.4. The van der Waals surface area contributed by atoms with Gasteiger partial charge in [0.1, 0.15) is 0 Å². The number of ether oxygens (including phenoxy) is 1. The van der Waals surface area contributed by atoms with E-state index in [1.165, 1.54) is 38.9 Å². The van der Waals surface area contributed by atoms with Crippen LogP contribution < -0.4 is 0 Å². The smallest absolute Gasteiger partial charge is 0.0462 e. The van der Waals surface area contributed by atoms with E-state index in [1.807, 2.05) is 13.8 Å². The normalized spacial score (nSPS) is 9.86. The van der Waals surface area contributed by atoms with Crippen molar-refractivity contribution in [3.05, 3.63) is 0 Å². The zero-order chi connectivity index (χ0) is 11.2. The third-order valence-corrected chi connectivity index (χ3v) is 2.22. The maximum atomic E-state index is 4.99. The quantitative estimate of drug-likeness (QED) is 0.562. The molecule has 0 aromatic carbocycles. The molecule has 0 fully saturated rings. The summed E-state index contributed by atoms with van der Waals surface area (Å²) in [7, 11) is 1.77. The number of unbranched alkanes of at least 4 members (excludes halogenated alkanes) is 2. The fourth-order valence-corrected chi connectivity index (χ4v) is 1.30. The molecule has 0 aliphatic rings. The Kier molecular flexibility index (Phi) is 18.0. The molecule has 2 heteroatoms. The highest BCUT2D eigenvalue weighted by Crippen LogP contribution is 1.98. The van der Waals surface area contributed by atoms with Crippen molar-refractivity contribution in [3.63, 3.8) is 0 Å². The Morgan fingerprint density at radius 2 is 1.50 bits per heavy atom. The molecule has 0 atom stereocenters. The average molecular weight is 203 g/mol. The molecule has 0 spiro atoms. The monoisotopic (exact) mass is 203 g/mol. The minimum atomic E-state index is 0.915. The molecule has 0 N–H and O–H groups in total. The van der Waals surface area contributed by atoms with Gasteiger partial charge in [-0.3, -0.25) is 0 Å². The third-order valence-electron chi connectivity index (χ3n) is 2.22. The van der Waals surface area contributed by atoms with Gasteiger partial charge in [0.05, 0.1) is 0 Å². The maximum absolute atomic E-state index is 4.99. The summed E-state index contributed by atoms with van der Waals surface area (Å²) in [6.45, 7) is 13.0. The second-order valence-corrected chi connectivity index (χ2v) is 3.08. The average Bonchev–Trinajstić information content (AvgIpc) is 2.26. The van der Waals surface area contributed by atoms with Gasteiger partial charge in [0, 0.05) is 13.7 Å². The van der Waals surface area contributed by atoms with Crippen LogP contribution in [0.3, 0.4) is 0 Å². The lowest BCUT2D eigenvalue weighted by Gasteiger charge is -2.17. The first-order chi connectivity index (χ1) is 6.85. The Labute approximate surface area is 90.6 Å². The van der Waals surface area contributed by atoms with E-state index in [-0.39, 0.29) is 0 Å². The predicted octanol–water partition coefficient (Wildman–Crippen LogP) is 3.17. The second-order valence-electron chi connectivity index (χ2n) is 3.08. The van der Waals surface area contributed by atoms with Gasteiger partial charge in [0.25, 0.3) is 0 Å². The van der Waals surface area contributed by atoms with Crippen molar-refractivity contribution in [1.29, 1.82) is 0 Å².